The van der Waals surface area contributed by atoms with Crippen molar-refractivity contribution >= 4 is 11.6 Å². The summed E-state index contributed by atoms with van der Waals surface area (Å²) in [6, 6.07) is 7.93. The second kappa shape index (κ2) is 7.06. The minimum Gasteiger partial charge on any atom is -0.488 e. The molecule has 0 radical (unpaired) electrons. The highest BCUT2D eigenvalue weighted by Gasteiger charge is 2.32. The average Bonchev–Trinajstić information content (AvgIpc) is 2.47. The van der Waals surface area contributed by atoms with E-state index in [4.69, 9.17) is 22.1 Å². The number of alkyl halides is 3. The summed E-state index contributed by atoms with van der Waals surface area (Å²) >= 11 is 5.68. The molecule has 0 fully saturated rings. The molecule has 0 atom stereocenters. The van der Waals surface area contributed by atoms with E-state index < -0.39 is 17.9 Å². The van der Waals surface area contributed by atoms with Crippen LogP contribution in [-0.2, 0) is 0 Å². The van der Waals surface area contributed by atoms with Crippen LogP contribution in [0.3, 0.4) is 0 Å². The van der Waals surface area contributed by atoms with Crippen LogP contribution in [0.5, 0.6) is 11.5 Å². The van der Waals surface area contributed by atoms with Gasteiger partial charge in [-0.1, -0.05) is 29.8 Å². The monoisotopic (exact) mass is 349 g/mol. The van der Waals surface area contributed by atoms with E-state index in [1.807, 2.05) is 0 Å². The molecule has 23 heavy (non-hydrogen) atoms. The SMILES string of the molecule is NCCOc1ccc(-c2cccc(Cl)c2F)cc1OC(F)(F)F. The van der Waals surface area contributed by atoms with Crippen molar-refractivity contribution in [2.75, 3.05) is 13.2 Å². The van der Waals surface area contributed by atoms with Gasteiger partial charge in [0.1, 0.15) is 12.4 Å². The fraction of sp³-hybridized carbons (Fsp3) is 0.200. The molecule has 2 N–H and O–H groups in total. The van der Waals surface area contributed by atoms with Crippen molar-refractivity contribution in [2.24, 2.45) is 5.73 Å². The molecule has 0 aliphatic rings. The maximum atomic E-state index is 14.0. The van der Waals surface area contributed by atoms with Crippen LogP contribution in [0.15, 0.2) is 36.4 Å². The molecule has 0 unspecified atom stereocenters. The van der Waals surface area contributed by atoms with Crippen LogP contribution in [0.2, 0.25) is 5.02 Å². The third-order valence-corrected chi connectivity index (χ3v) is 3.10. The third kappa shape index (κ3) is 4.49. The Labute approximate surface area is 134 Å². The van der Waals surface area contributed by atoms with Gasteiger partial charge in [-0.25, -0.2) is 4.39 Å². The van der Waals surface area contributed by atoms with E-state index in [-0.39, 0.29) is 35.1 Å². The highest BCUT2D eigenvalue weighted by Crippen LogP contribution is 2.37. The van der Waals surface area contributed by atoms with Gasteiger partial charge in [-0.05, 0) is 23.8 Å². The van der Waals surface area contributed by atoms with E-state index in [9.17, 15) is 17.6 Å². The van der Waals surface area contributed by atoms with Gasteiger partial charge >= 0.3 is 6.36 Å². The van der Waals surface area contributed by atoms with Crippen molar-refractivity contribution < 1.29 is 27.0 Å². The summed E-state index contributed by atoms with van der Waals surface area (Å²) in [6.07, 6.45) is -4.91. The Morgan fingerprint density at radius 1 is 1.09 bits per heavy atom. The van der Waals surface area contributed by atoms with Crippen molar-refractivity contribution in [2.45, 2.75) is 6.36 Å². The largest absolute Gasteiger partial charge is 0.573 e. The predicted molar refractivity (Wildman–Crippen MR) is 78.1 cm³/mol. The van der Waals surface area contributed by atoms with Crippen LogP contribution in [-0.4, -0.2) is 19.5 Å². The second-order valence-corrected chi connectivity index (χ2v) is 4.86. The molecule has 0 saturated heterocycles. The van der Waals surface area contributed by atoms with Gasteiger partial charge in [-0.3, -0.25) is 0 Å². The molecular formula is C15H12ClF4NO2. The van der Waals surface area contributed by atoms with Gasteiger partial charge in [0.15, 0.2) is 11.5 Å². The molecule has 2 aromatic rings. The minimum atomic E-state index is -4.91. The molecule has 0 spiro atoms. The summed E-state index contributed by atoms with van der Waals surface area (Å²) in [4.78, 5) is 0. The van der Waals surface area contributed by atoms with E-state index in [2.05, 4.69) is 4.74 Å². The Morgan fingerprint density at radius 2 is 1.83 bits per heavy atom. The molecule has 0 aromatic heterocycles. The molecule has 0 aliphatic heterocycles. The number of benzene rings is 2. The number of hydrogen-bond acceptors (Lipinski definition) is 3. The quantitative estimate of drug-likeness (QED) is 0.815. The zero-order chi connectivity index (χ0) is 17.0. The van der Waals surface area contributed by atoms with Crippen LogP contribution in [0, 0.1) is 5.82 Å². The van der Waals surface area contributed by atoms with Crippen molar-refractivity contribution in [3.8, 4) is 22.6 Å². The molecule has 0 saturated carbocycles. The van der Waals surface area contributed by atoms with Crippen LogP contribution in [0.25, 0.3) is 11.1 Å². The van der Waals surface area contributed by atoms with Crippen molar-refractivity contribution in [3.63, 3.8) is 0 Å². The smallest absolute Gasteiger partial charge is 0.488 e. The van der Waals surface area contributed by atoms with Gasteiger partial charge in [0.25, 0.3) is 0 Å². The van der Waals surface area contributed by atoms with E-state index >= 15 is 0 Å². The van der Waals surface area contributed by atoms with Crippen molar-refractivity contribution in [1.29, 1.82) is 0 Å². The fourth-order valence-corrected chi connectivity index (χ4v) is 2.07. The summed E-state index contributed by atoms with van der Waals surface area (Å²) < 4.78 is 60.6. The Morgan fingerprint density at radius 3 is 2.48 bits per heavy atom. The van der Waals surface area contributed by atoms with Crippen LogP contribution < -0.4 is 15.2 Å². The maximum absolute atomic E-state index is 14.0. The Hall–Kier alpha value is -1.99. The highest BCUT2D eigenvalue weighted by molar-refractivity contribution is 6.31. The number of ether oxygens (including phenoxy) is 2. The predicted octanol–water partition coefficient (Wildman–Crippen LogP) is 4.38. The van der Waals surface area contributed by atoms with Crippen LogP contribution in [0.4, 0.5) is 17.6 Å². The molecule has 3 nitrogen and oxygen atoms in total. The second-order valence-electron chi connectivity index (χ2n) is 4.45. The van der Waals surface area contributed by atoms with Gasteiger partial charge < -0.3 is 15.2 Å². The Kier molecular flexibility index (Phi) is 5.33. The molecule has 0 amide bonds. The van der Waals surface area contributed by atoms with Crippen molar-refractivity contribution in [3.05, 3.63) is 47.2 Å². The standard InChI is InChI=1S/C15H12ClF4NO2/c16-11-3-1-2-10(14(11)17)9-4-5-12(22-7-6-21)13(8-9)23-15(18,19)20/h1-5,8H,6-7,21H2. The summed E-state index contributed by atoms with van der Waals surface area (Å²) in [7, 11) is 0. The average molecular weight is 350 g/mol. The lowest BCUT2D eigenvalue weighted by molar-refractivity contribution is -0.275. The normalized spacial score (nSPS) is 11.4. The first kappa shape index (κ1) is 17.4. The lowest BCUT2D eigenvalue weighted by Crippen LogP contribution is -2.18. The lowest BCUT2D eigenvalue weighted by Gasteiger charge is -2.15. The Bertz CT molecular complexity index is 692. The summed E-state index contributed by atoms with van der Waals surface area (Å²) in [6.45, 7) is 0.134. The minimum absolute atomic E-state index is 0.0130. The molecule has 0 bridgehead atoms. The maximum Gasteiger partial charge on any atom is 0.573 e. The van der Waals surface area contributed by atoms with Gasteiger partial charge in [0, 0.05) is 12.1 Å². The lowest BCUT2D eigenvalue weighted by atomic mass is 10.0. The molecule has 0 aliphatic carbocycles. The number of halogens is 5. The fourth-order valence-electron chi connectivity index (χ4n) is 1.89. The van der Waals surface area contributed by atoms with Crippen LogP contribution in [0.1, 0.15) is 0 Å². The molecule has 8 heteroatoms. The number of hydrogen-bond donors (Lipinski definition) is 1. The van der Waals surface area contributed by atoms with E-state index in [0.717, 1.165) is 6.07 Å². The molecule has 0 heterocycles. The summed E-state index contributed by atoms with van der Waals surface area (Å²) in [5.74, 6) is -1.45. The van der Waals surface area contributed by atoms with Gasteiger partial charge in [0.05, 0.1) is 5.02 Å². The summed E-state index contributed by atoms with van der Waals surface area (Å²) in [5, 5.41) is -0.135. The molecule has 2 rings (SSSR count). The third-order valence-electron chi connectivity index (χ3n) is 2.81. The van der Waals surface area contributed by atoms with E-state index in [0.29, 0.717) is 0 Å². The van der Waals surface area contributed by atoms with Crippen molar-refractivity contribution in [1.82, 2.24) is 0 Å². The van der Waals surface area contributed by atoms with E-state index in [1.165, 1.54) is 30.3 Å². The van der Waals surface area contributed by atoms with Gasteiger partial charge in [0.2, 0.25) is 0 Å². The first-order chi connectivity index (χ1) is 10.8. The first-order valence-corrected chi connectivity index (χ1v) is 6.86. The Balaban J connectivity index is 2.46. The van der Waals surface area contributed by atoms with Gasteiger partial charge in [-0.15, -0.1) is 13.2 Å². The highest BCUT2D eigenvalue weighted by atomic mass is 35.5. The zero-order valence-corrected chi connectivity index (χ0v) is 12.4. The molecule has 2 aromatic carbocycles. The number of rotatable bonds is 5. The van der Waals surface area contributed by atoms with Gasteiger partial charge in [-0.2, -0.15) is 0 Å². The summed E-state index contributed by atoms with van der Waals surface area (Å²) in [5.41, 5.74) is 5.48. The molecular weight excluding hydrogens is 338 g/mol. The zero-order valence-electron chi connectivity index (χ0n) is 11.7. The topological polar surface area (TPSA) is 44.5 Å². The molecule has 124 valence electrons. The van der Waals surface area contributed by atoms with E-state index in [1.54, 1.807) is 0 Å². The van der Waals surface area contributed by atoms with Crippen LogP contribution >= 0.6 is 11.6 Å². The first-order valence-electron chi connectivity index (χ1n) is 6.49. The number of nitrogens with two attached hydrogens (primary N) is 1.